The number of carbonyl (C=O) groups is 1. The van der Waals surface area contributed by atoms with Crippen molar-refractivity contribution in [2.24, 2.45) is 0 Å². The Morgan fingerprint density at radius 3 is 2.67 bits per heavy atom. The number of hydrogen-bond acceptors (Lipinski definition) is 4. The van der Waals surface area contributed by atoms with Gasteiger partial charge in [0.1, 0.15) is 5.75 Å². The minimum absolute atomic E-state index is 0. The summed E-state index contributed by atoms with van der Waals surface area (Å²) in [5.41, 5.74) is 2.35. The van der Waals surface area contributed by atoms with Crippen molar-refractivity contribution in [1.29, 1.82) is 0 Å². The zero-order valence-electron chi connectivity index (χ0n) is 8.90. The highest BCUT2D eigenvalue weighted by Gasteiger charge is 2.07. The Hall–Kier alpha value is -0.740. The topological polar surface area (TPSA) is 50.2 Å². The third kappa shape index (κ3) is 3.72. The van der Waals surface area contributed by atoms with Crippen molar-refractivity contribution in [2.75, 3.05) is 0 Å². The van der Waals surface area contributed by atoms with Gasteiger partial charge in [0.25, 0.3) is 0 Å². The molecule has 0 aromatic carbocycles. The number of aromatic nitrogens is 1. The molecule has 15 heavy (non-hydrogen) atoms. The summed E-state index contributed by atoms with van der Waals surface area (Å²) in [4.78, 5) is 14.8. The van der Waals surface area contributed by atoms with Gasteiger partial charge in [0, 0.05) is 18.9 Å². The average Bonchev–Trinajstić information content (AvgIpc) is 2.13. The van der Waals surface area contributed by atoms with Crippen LogP contribution in [0.15, 0.2) is 6.20 Å². The summed E-state index contributed by atoms with van der Waals surface area (Å²) < 4.78 is 0. The molecular formula is C10H14ClNO2S. The molecule has 0 aliphatic carbocycles. The molecule has 0 aliphatic rings. The van der Waals surface area contributed by atoms with Crippen LogP contribution >= 0.6 is 24.2 Å². The third-order valence-corrected chi connectivity index (χ3v) is 2.89. The maximum Gasteiger partial charge on any atom is 0.186 e. The number of nitrogens with zero attached hydrogens (tertiary/aromatic N) is 1. The maximum absolute atomic E-state index is 10.8. The van der Waals surface area contributed by atoms with Gasteiger partial charge in [0.2, 0.25) is 0 Å². The lowest BCUT2D eigenvalue weighted by Gasteiger charge is -2.07. The van der Waals surface area contributed by atoms with Crippen LogP contribution in [-0.4, -0.2) is 15.2 Å². The molecule has 5 heteroatoms. The van der Waals surface area contributed by atoms with E-state index in [1.165, 1.54) is 18.7 Å². The van der Waals surface area contributed by atoms with E-state index >= 15 is 0 Å². The molecule has 84 valence electrons. The fraction of sp³-hybridized carbons (Fsp3) is 0.400. The molecule has 0 unspecified atom stereocenters. The summed E-state index contributed by atoms with van der Waals surface area (Å²) in [6.45, 7) is 5.12. The van der Waals surface area contributed by atoms with Crippen molar-refractivity contribution in [1.82, 2.24) is 4.98 Å². The first-order chi connectivity index (χ1) is 6.52. The van der Waals surface area contributed by atoms with E-state index in [0.29, 0.717) is 11.4 Å². The number of aryl methyl sites for hydroxylation is 1. The maximum atomic E-state index is 10.8. The number of halogens is 1. The van der Waals surface area contributed by atoms with Gasteiger partial charge in [0.05, 0.1) is 5.69 Å². The van der Waals surface area contributed by atoms with Crippen LogP contribution in [0.25, 0.3) is 0 Å². The van der Waals surface area contributed by atoms with Gasteiger partial charge in [-0.2, -0.15) is 0 Å². The summed E-state index contributed by atoms with van der Waals surface area (Å²) in [6, 6.07) is 0. The number of rotatable bonds is 2. The number of carbonyl (C=O) groups excluding carboxylic acids is 1. The van der Waals surface area contributed by atoms with Gasteiger partial charge in [-0.15, -0.1) is 12.4 Å². The lowest BCUT2D eigenvalue weighted by Crippen LogP contribution is -1.94. The summed E-state index contributed by atoms with van der Waals surface area (Å²) in [5, 5.41) is 9.67. The molecule has 0 saturated carbocycles. The van der Waals surface area contributed by atoms with Gasteiger partial charge in [-0.05, 0) is 25.0 Å². The van der Waals surface area contributed by atoms with Crippen molar-refractivity contribution < 1.29 is 9.90 Å². The molecule has 0 amide bonds. The quantitative estimate of drug-likeness (QED) is 0.873. The van der Waals surface area contributed by atoms with E-state index in [1.807, 2.05) is 6.92 Å². The van der Waals surface area contributed by atoms with E-state index in [4.69, 9.17) is 0 Å². The fourth-order valence-corrected chi connectivity index (χ4v) is 1.73. The Labute approximate surface area is 99.7 Å². The van der Waals surface area contributed by atoms with Crippen LogP contribution in [0.2, 0.25) is 0 Å². The number of aromatic hydroxyl groups is 1. The second kappa shape index (κ2) is 5.98. The van der Waals surface area contributed by atoms with Crippen molar-refractivity contribution >= 4 is 29.3 Å². The van der Waals surface area contributed by atoms with Gasteiger partial charge in [-0.1, -0.05) is 11.8 Å². The molecule has 1 aromatic rings. The highest BCUT2D eigenvalue weighted by atomic mass is 35.5. The van der Waals surface area contributed by atoms with Crippen LogP contribution in [0, 0.1) is 13.8 Å². The van der Waals surface area contributed by atoms with Crippen LogP contribution in [-0.2, 0) is 10.5 Å². The highest BCUT2D eigenvalue weighted by Crippen LogP contribution is 2.25. The Kier molecular flexibility index (Phi) is 5.68. The molecule has 0 bridgehead atoms. The van der Waals surface area contributed by atoms with Gasteiger partial charge in [-0.25, -0.2) is 0 Å². The standard InChI is InChI=1S/C10H13NO2S.ClH/c1-6-9(5-14-8(3)12)4-11-7(2)10(6)13;/h4,13H,5H2,1-3H3;1H. The molecule has 1 N–H and O–H groups in total. The molecule has 0 fully saturated rings. The molecule has 0 spiro atoms. The monoisotopic (exact) mass is 247 g/mol. The van der Waals surface area contributed by atoms with Crippen LogP contribution in [0.4, 0.5) is 0 Å². The third-order valence-electron chi connectivity index (χ3n) is 2.02. The smallest absolute Gasteiger partial charge is 0.186 e. The normalized spacial score (nSPS) is 9.53. The fourth-order valence-electron chi connectivity index (χ4n) is 1.08. The Morgan fingerprint density at radius 1 is 1.53 bits per heavy atom. The average molecular weight is 248 g/mol. The second-order valence-corrected chi connectivity index (χ2v) is 4.27. The van der Waals surface area contributed by atoms with Crippen molar-refractivity contribution in [2.45, 2.75) is 26.5 Å². The van der Waals surface area contributed by atoms with Crippen LogP contribution < -0.4 is 0 Å². The molecule has 0 radical (unpaired) electrons. The number of thioether (sulfide) groups is 1. The summed E-state index contributed by atoms with van der Waals surface area (Å²) >= 11 is 1.22. The second-order valence-electron chi connectivity index (χ2n) is 3.12. The van der Waals surface area contributed by atoms with Crippen molar-refractivity contribution in [3.05, 3.63) is 23.0 Å². The Balaban J connectivity index is 0.00000196. The largest absolute Gasteiger partial charge is 0.506 e. The van der Waals surface area contributed by atoms with Gasteiger partial charge in [0.15, 0.2) is 5.12 Å². The molecular weight excluding hydrogens is 234 g/mol. The van der Waals surface area contributed by atoms with E-state index in [0.717, 1.165) is 11.1 Å². The molecule has 0 aliphatic heterocycles. The lowest BCUT2D eigenvalue weighted by molar-refractivity contribution is -0.109. The minimum atomic E-state index is 0. The first-order valence-electron chi connectivity index (χ1n) is 4.29. The van der Waals surface area contributed by atoms with Gasteiger partial charge in [-0.3, -0.25) is 9.78 Å². The van der Waals surface area contributed by atoms with Gasteiger partial charge >= 0.3 is 0 Å². The summed E-state index contributed by atoms with van der Waals surface area (Å²) in [5.74, 6) is 0.800. The predicted molar refractivity (Wildman–Crippen MR) is 64.6 cm³/mol. The first kappa shape index (κ1) is 14.3. The molecule has 3 nitrogen and oxygen atoms in total. The van der Waals surface area contributed by atoms with E-state index in [1.54, 1.807) is 13.1 Å². The molecule has 1 aromatic heterocycles. The van der Waals surface area contributed by atoms with Crippen molar-refractivity contribution in [3.63, 3.8) is 0 Å². The van der Waals surface area contributed by atoms with E-state index in [9.17, 15) is 9.90 Å². The number of hydrogen-bond donors (Lipinski definition) is 1. The minimum Gasteiger partial charge on any atom is -0.506 e. The SMILES string of the molecule is CC(=O)SCc1cnc(C)c(O)c1C.Cl. The zero-order chi connectivity index (χ0) is 10.7. The van der Waals surface area contributed by atoms with Crippen LogP contribution in [0.1, 0.15) is 23.7 Å². The summed E-state index contributed by atoms with van der Waals surface area (Å²) in [6.07, 6.45) is 1.71. The van der Waals surface area contributed by atoms with Gasteiger partial charge < -0.3 is 5.11 Å². The molecule has 0 atom stereocenters. The first-order valence-corrected chi connectivity index (χ1v) is 5.28. The van der Waals surface area contributed by atoms with Crippen LogP contribution in [0.5, 0.6) is 5.75 Å². The molecule has 0 saturated heterocycles. The van der Waals surface area contributed by atoms with Crippen molar-refractivity contribution in [3.8, 4) is 5.75 Å². The highest BCUT2D eigenvalue weighted by molar-refractivity contribution is 8.12. The number of pyridine rings is 1. The lowest BCUT2D eigenvalue weighted by atomic mass is 10.1. The van der Waals surface area contributed by atoms with E-state index < -0.39 is 0 Å². The van der Waals surface area contributed by atoms with E-state index in [2.05, 4.69) is 4.98 Å². The van der Waals surface area contributed by atoms with E-state index in [-0.39, 0.29) is 23.3 Å². The molecule has 1 heterocycles. The molecule has 1 rings (SSSR count). The van der Waals surface area contributed by atoms with Crippen LogP contribution in [0.3, 0.4) is 0 Å². The zero-order valence-corrected chi connectivity index (χ0v) is 10.5. The Morgan fingerprint density at radius 2 is 2.13 bits per heavy atom. The predicted octanol–water partition coefficient (Wildman–Crippen LogP) is 2.61. The Bertz CT molecular complexity index is 369. The summed E-state index contributed by atoms with van der Waals surface area (Å²) in [7, 11) is 0.